The summed E-state index contributed by atoms with van der Waals surface area (Å²) in [5.74, 6) is 0.455. The highest BCUT2D eigenvalue weighted by atomic mass is 16.3. The molecule has 0 fully saturated rings. The third-order valence-electron chi connectivity index (χ3n) is 2.74. The van der Waals surface area contributed by atoms with Gasteiger partial charge in [-0.1, -0.05) is 46.2 Å². The van der Waals surface area contributed by atoms with Crippen LogP contribution in [-0.4, -0.2) is 5.11 Å². The van der Waals surface area contributed by atoms with Crippen LogP contribution in [0.3, 0.4) is 0 Å². The summed E-state index contributed by atoms with van der Waals surface area (Å²) in [5.41, 5.74) is 2.52. The molecule has 1 heteroatoms. The Morgan fingerprint density at radius 3 is 2.40 bits per heavy atom. The van der Waals surface area contributed by atoms with E-state index in [0.717, 1.165) is 24.8 Å². The molecule has 1 nitrogen and oxygen atoms in total. The fourth-order valence-electron chi connectivity index (χ4n) is 1.89. The standard InChI is InChI=1S/C14H22O/c1-5-6-8-11-12(14(2,3)4)9-7-10-13(11)15/h7,9-10,15H,5-6,8H2,1-4H3. The van der Waals surface area contributed by atoms with Crippen molar-refractivity contribution in [3.05, 3.63) is 29.3 Å². The lowest BCUT2D eigenvalue weighted by atomic mass is 9.82. The first-order valence-corrected chi connectivity index (χ1v) is 5.78. The molecule has 1 aromatic carbocycles. The molecule has 1 rings (SSSR count). The van der Waals surface area contributed by atoms with Crippen molar-refractivity contribution in [3.63, 3.8) is 0 Å². The molecule has 0 aliphatic carbocycles. The number of rotatable bonds is 3. The molecule has 0 aromatic heterocycles. The highest BCUT2D eigenvalue weighted by Crippen LogP contribution is 2.32. The summed E-state index contributed by atoms with van der Waals surface area (Å²) in [6.45, 7) is 8.75. The second kappa shape index (κ2) is 4.69. The summed E-state index contributed by atoms with van der Waals surface area (Å²) in [6, 6.07) is 5.86. The van der Waals surface area contributed by atoms with E-state index in [4.69, 9.17) is 0 Å². The Morgan fingerprint density at radius 2 is 1.87 bits per heavy atom. The molecular formula is C14H22O. The van der Waals surface area contributed by atoms with Gasteiger partial charge in [-0.3, -0.25) is 0 Å². The molecule has 0 saturated carbocycles. The highest BCUT2D eigenvalue weighted by molar-refractivity contribution is 5.42. The van der Waals surface area contributed by atoms with Crippen LogP contribution in [-0.2, 0) is 11.8 Å². The van der Waals surface area contributed by atoms with E-state index in [0.29, 0.717) is 5.75 Å². The summed E-state index contributed by atoms with van der Waals surface area (Å²) < 4.78 is 0. The zero-order chi connectivity index (χ0) is 11.5. The monoisotopic (exact) mass is 206 g/mol. The number of aromatic hydroxyl groups is 1. The van der Waals surface area contributed by atoms with Crippen molar-refractivity contribution >= 4 is 0 Å². The fourth-order valence-corrected chi connectivity index (χ4v) is 1.89. The van der Waals surface area contributed by atoms with Crippen LogP contribution in [0.2, 0.25) is 0 Å². The van der Waals surface area contributed by atoms with E-state index in [-0.39, 0.29) is 5.41 Å². The molecule has 0 atom stereocenters. The van der Waals surface area contributed by atoms with Crippen LogP contribution >= 0.6 is 0 Å². The van der Waals surface area contributed by atoms with E-state index in [2.05, 4.69) is 33.8 Å². The SMILES string of the molecule is CCCCc1c(O)cccc1C(C)(C)C. The number of hydrogen-bond donors (Lipinski definition) is 1. The molecular weight excluding hydrogens is 184 g/mol. The molecule has 0 saturated heterocycles. The van der Waals surface area contributed by atoms with Gasteiger partial charge in [-0.25, -0.2) is 0 Å². The zero-order valence-electron chi connectivity index (χ0n) is 10.3. The van der Waals surface area contributed by atoms with Crippen LogP contribution in [0, 0.1) is 0 Å². The van der Waals surface area contributed by atoms with E-state index >= 15 is 0 Å². The summed E-state index contributed by atoms with van der Waals surface area (Å²) in [6.07, 6.45) is 3.29. The van der Waals surface area contributed by atoms with Crippen LogP contribution in [0.15, 0.2) is 18.2 Å². The van der Waals surface area contributed by atoms with Gasteiger partial charge in [0.2, 0.25) is 0 Å². The van der Waals surface area contributed by atoms with E-state index in [1.54, 1.807) is 6.07 Å². The van der Waals surface area contributed by atoms with Gasteiger partial charge in [0.1, 0.15) is 5.75 Å². The predicted octanol–water partition coefficient (Wildman–Crippen LogP) is 4.03. The minimum atomic E-state index is 0.113. The molecule has 0 unspecified atom stereocenters. The lowest BCUT2D eigenvalue weighted by molar-refractivity contribution is 0.460. The largest absolute Gasteiger partial charge is 0.508 e. The maximum Gasteiger partial charge on any atom is 0.119 e. The van der Waals surface area contributed by atoms with Gasteiger partial charge < -0.3 is 5.11 Å². The van der Waals surface area contributed by atoms with Crippen LogP contribution in [0.5, 0.6) is 5.75 Å². The van der Waals surface area contributed by atoms with Gasteiger partial charge in [0.05, 0.1) is 0 Å². The molecule has 0 aliphatic rings. The Balaban J connectivity index is 3.09. The van der Waals surface area contributed by atoms with Gasteiger partial charge in [0.25, 0.3) is 0 Å². The van der Waals surface area contributed by atoms with Crippen molar-refractivity contribution in [2.75, 3.05) is 0 Å². The van der Waals surface area contributed by atoms with E-state index in [1.807, 2.05) is 6.07 Å². The molecule has 0 spiro atoms. The van der Waals surface area contributed by atoms with Gasteiger partial charge >= 0.3 is 0 Å². The molecule has 84 valence electrons. The minimum Gasteiger partial charge on any atom is -0.508 e. The quantitative estimate of drug-likeness (QED) is 0.791. The van der Waals surface area contributed by atoms with Crippen molar-refractivity contribution < 1.29 is 5.11 Å². The molecule has 1 N–H and O–H groups in total. The second-order valence-corrected chi connectivity index (χ2v) is 5.16. The fraction of sp³-hybridized carbons (Fsp3) is 0.571. The van der Waals surface area contributed by atoms with Gasteiger partial charge in [0.15, 0.2) is 0 Å². The maximum absolute atomic E-state index is 9.88. The number of benzene rings is 1. The summed E-state index contributed by atoms with van der Waals surface area (Å²) in [4.78, 5) is 0. The lowest BCUT2D eigenvalue weighted by Crippen LogP contribution is -2.14. The lowest BCUT2D eigenvalue weighted by Gasteiger charge is -2.23. The zero-order valence-corrected chi connectivity index (χ0v) is 10.3. The highest BCUT2D eigenvalue weighted by Gasteiger charge is 2.19. The average molecular weight is 206 g/mol. The molecule has 0 radical (unpaired) electrons. The predicted molar refractivity (Wildman–Crippen MR) is 65.4 cm³/mol. The number of phenolic OH excluding ortho intramolecular Hbond substituents is 1. The van der Waals surface area contributed by atoms with Crippen molar-refractivity contribution in [1.82, 2.24) is 0 Å². The first kappa shape index (κ1) is 12.1. The summed E-state index contributed by atoms with van der Waals surface area (Å²) in [5, 5.41) is 9.88. The van der Waals surface area contributed by atoms with Gasteiger partial charge in [-0.2, -0.15) is 0 Å². The Kier molecular flexibility index (Phi) is 3.78. The van der Waals surface area contributed by atoms with E-state index in [9.17, 15) is 5.11 Å². The third-order valence-corrected chi connectivity index (χ3v) is 2.74. The number of hydrogen-bond acceptors (Lipinski definition) is 1. The molecule has 0 amide bonds. The second-order valence-electron chi connectivity index (χ2n) is 5.16. The van der Waals surface area contributed by atoms with Crippen LogP contribution in [0.1, 0.15) is 51.7 Å². The van der Waals surface area contributed by atoms with Crippen LogP contribution in [0.4, 0.5) is 0 Å². The first-order valence-electron chi connectivity index (χ1n) is 5.78. The van der Waals surface area contributed by atoms with Crippen molar-refractivity contribution in [1.29, 1.82) is 0 Å². The Labute approximate surface area is 93.1 Å². The van der Waals surface area contributed by atoms with Crippen molar-refractivity contribution in [3.8, 4) is 5.75 Å². The van der Waals surface area contributed by atoms with E-state index in [1.165, 1.54) is 5.56 Å². The molecule has 0 heterocycles. The summed E-state index contributed by atoms with van der Waals surface area (Å²) in [7, 11) is 0. The summed E-state index contributed by atoms with van der Waals surface area (Å²) >= 11 is 0. The normalized spacial score (nSPS) is 11.7. The Hall–Kier alpha value is -0.980. The van der Waals surface area contributed by atoms with Gasteiger partial charge in [-0.15, -0.1) is 0 Å². The molecule has 15 heavy (non-hydrogen) atoms. The Bertz CT molecular complexity index is 321. The minimum absolute atomic E-state index is 0.113. The first-order chi connectivity index (χ1) is 6.96. The van der Waals surface area contributed by atoms with Crippen LogP contribution < -0.4 is 0 Å². The smallest absolute Gasteiger partial charge is 0.119 e. The van der Waals surface area contributed by atoms with Crippen molar-refractivity contribution in [2.24, 2.45) is 0 Å². The molecule has 0 aliphatic heterocycles. The topological polar surface area (TPSA) is 20.2 Å². The third kappa shape index (κ3) is 2.98. The van der Waals surface area contributed by atoms with Gasteiger partial charge in [0, 0.05) is 0 Å². The van der Waals surface area contributed by atoms with Gasteiger partial charge in [-0.05, 0) is 35.4 Å². The molecule has 0 bridgehead atoms. The Morgan fingerprint density at radius 1 is 1.20 bits per heavy atom. The van der Waals surface area contributed by atoms with E-state index < -0.39 is 0 Å². The number of unbranched alkanes of at least 4 members (excludes halogenated alkanes) is 1. The average Bonchev–Trinajstić information content (AvgIpc) is 2.14. The maximum atomic E-state index is 9.88. The number of phenols is 1. The van der Waals surface area contributed by atoms with Crippen LogP contribution in [0.25, 0.3) is 0 Å². The molecule has 1 aromatic rings. The van der Waals surface area contributed by atoms with Crippen molar-refractivity contribution in [2.45, 2.75) is 52.4 Å².